The van der Waals surface area contributed by atoms with Crippen LogP contribution in [0.15, 0.2) is 47.4 Å². The van der Waals surface area contributed by atoms with E-state index in [0.717, 1.165) is 4.31 Å². The fraction of sp³-hybridized carbons (Fsp3) is 0.176. The van der Waals surface area contributed by atoms with Gasteiger partial charge in [-0.15, -0.1) is 0 Å². The van der Waals surface area contributed by atoms with Crippen LogP contribution in [-0.2, 0) is 19.6 Å². The minimum Gasteiger partial charge on any atom is -0.480 e. The molecule has 0 aliphatic heterocycles. The molecule has 2 N–H and O–H groups in total. The molecule has 1 amide bonds. The molecule has 7 nitrogen and oxygen atoms in total. The summed E-state index contributed by atoms with van der Waals surface area (Å²) in [4.78, 5) is 22.5. The minimum atomic E-state index is -4.25. The maximum Gasteiger partial charge on any atom is 0.327 e. The Morgan fingerprint density at radius 2 is 1.59 bits per heavy atom. The third-order valence-corrected chi connectivity index (χ3v) is 5.89. The number of aliphatic carboxylic acids is 1. The number of carbonyl (C=O) groups excluding carboxylic acids is 1. The molecule has 144 valence electrons. The molecule has 0 spiro atoms. The van der Waals surface area contributed by atoms with Gasteiger partial charge in [0.2, 0.25) is 5.91 Å². The van der Waals surface area contributed by atoms with Crippen LogP contribution in [0.5, 0.6) is 0 Å². The Hall–Kier alpha value is -2.29. The van der Waals surface area contributed by atoms with Gasteiger partial charge >= 0.3 is 5.97 Å². The third kappa shape index (κ3) is 4.91. The van der Waals surface area contributed by atoms with Crippen LogP contribution < -0.4 is 9.62 Å². The molecule has 0 bridgehead atoms. The van der Waals surface area contributed by atoms with E-state index in [-0.39, 0.29) is 26.5 Å². The Morgan fingerprint density at radius 1 is 1.07 bits per heavy atom. The van der Waals surface area contributed by atoms with Gasteiger partial charge < -0.3 is 10.4 Å². The summed E-state index contributed by atoms with van der Waals surface area (Å²) in [5.74, 6) is -1.65. The van der Waals surface area contributed by atoms with Crippen molar-refractivity contribution in [2.24, 2.45) is 0 Å². The maximum atomic E-state index is 13.1. The van der Waals surface area contributed by atoms with Crippen molar-refractivity contribution in [2.45, 2.75) is 24.8 Å². The average Bonchev–Trinajstić information content (AvgIpc) is 2.53. The van der Waals surface area contributed by atoms with Crippen molar-refractivity contribution < 1.29 is 23.1 Å². The van der Waals surface area contributed by atoms with Crippen LogP contribution in [0.3, 0.4) is 0 Å². The summed E-state index contributed by atoms with van der Waals surface area (Å²) in [6.07, 6.45) is 0. The van der Waals surface area contributed by atoms with Gasteiger partial charge in [-0.05, 0) is 49.4 Å². The number of carboxylic acids is 1. The van der Waals surface area contributed by atoms with Gasteiger partial charge in [0.1, 0.15) is 6.04 Å². The van der Waals surface area contributed by atoms with Crippen LogP contribution in [0, 0.1) is 0 Å². The average molecular weight is 431 g/mol. The maximum absolute atomic E-state index is 13.1. The molecule has 0 aliphatic rings. The number of rotatable bonds is 6. The number of hydrogen-bond acceptors (Lipinski definition) is 4. The topological polar surface area (TPSA) is 104 Å². The van der Waals surface area contributed by atoms with Crippen LogP contribution in [-0.4, -0.2) is 31.4 Å². The first-order chi connectivity index (χ1) is 12.5. The van der Waals surface area contributed by atoms with E-state index in [1.165, 1.54) is 56.3 Å². The lowest BCUT2D eigenvalue weighted by Gasteiger charge is -2.28. The lowest BCUT2D eigenvalue weighted by atomic mass is 10.2. The van der Waals surface area contributed by atoms with Gasteiger partial charge in [0, 0.05) is 22.7 Å². The molecular formula is C17H16Cl2N2O5S. The first-order valence-corrected chi connectivity index (χ1v) is 9.83. The highest BCUT2D eigenvalue weighted by Gasteiger charge is 2.33. The Balaban J connectivity index is 2.56. The molecular weight excluding hydrogens is 415 g/mol. The SMILES string of the molecule is CC(=O)Nc1ccc(S(=O)(=O)N(c2cc(Cl)cc(Cl)c2)C(C)C(=O)O)cc1. The number of benzene rings is 2. The number of carboxylic acid groups (broad SMARTS) is 1. The van der Waals surface area contributed by atoms with Gasteiger partial charge in [-0.2, -0.15) is 0 Å². The van der Waals surface area contributed by atoms with Gasteiger partial charge in [-0.25, -0.2) is 13.2 Å². The number of anilines is 2. The summed E-state index contributed by atoms with van der Waals surface area (Å²) in [6, 6.07) is 7.98. The van der Waals surface area contributed by atoms with E-state index in [0.29, 0.717) is 5.69 Å². The van der Waals surface area contributed by atoms with Crippen molar-refractivity contribution in [2.75, 3.05) is 9.62 Å². The van der Waals surface area contributed by atoms with Crippen LogP contribution in [0.4, 0.5) is 11.4 Å². The Bertz CT molecular complexity index is 957. The Labute approximate surface area is 166 Å². The molecule has 0 aliphatic carbocycles. The Morgan fingerprint density at radius 3 is 2.04 bits per heavy atom. The zero-order valence-corrected chi connectivity index (χ0v) is 16.6. The van der Waals surface area contributed by atoms with Crippen molar-refractivity contribution in [1.29, 1.82) is 0 Å². The number of amides is 1. The van der Waals surface area contributed by atoms with Crippen molar-refractivity contribution >= 4 is 56.5 Å². The number of carbonyl (C=O) groups is 2. The molecule has 0 fully saturated rings. The lowest BCUT2D eigenvalue weighted by Crippen LogP contribution is -2.43. The second kappa shape index (κ2) is 8.16. The van der Waals surface area contributed by atoms with Gasteiger partial charge in [0.25, 0.3) is 10.0 Å². The molecule has 10 heteroatoms. The van der Waals surface area contributed by atoms with E-state index in [9.17, 15) is 23.1 Å². The normalized spacial score (nSPS) is 12.3. The summed E-state index contributed by atoms with van der Waals surface area (Å²) in [5.41, 5.74) is 0.429. The molecule has 0 aromatic heterocycles. The molecule has 0 saturated heterocycles. The molecule has 1 unspecified atom stereocenters. The summed E-state index contributed by atoms with van der Waals surface area (Å²) < 4.78 is 27.0. The van der Waals surface area contributed by atoms with E-state index in [1.807, 2.05) is 0 Å². The van der Waals surface area contributed by atoms with Crippen LogP contribution in [0.25, 0.3) is 0 Å². The van der Waals surface area contributed by atoms with E-state index in [1.54, 1.807) is 0 Å². The molecule has 2 aromatic rings. The molecule has 27 heavy (non-hydrogen) atoms. The molecule has 2 aromatic carbocycles. The highest BCUT2D eigenvalue weighted by molar-refractivity contribution is 7.93. The standard InChI is InChI=1S/C17H16Cl2N2O5S/c1-10(17(23)24)21(15-8-12(18)7-13(19)9-15)27(25,26)16-5-3-14(4-6-16)20-11(2)22/h3-10H,1-2H3,(H,20,22)(H,23,24). The number of halogens is 2. The summed E-state index contributed by atoms with van der Waals surface area (Å²) in [6.45, 7) is 2.56. The number of hydrogen-bond donors (Lipinski definition) is 2. The van der Waals surface area contributed by atoms with E-state index in [2.05, 4.69) is 5.32 Å². The smallest absolute Gasteiger partial charge is 0.327 e. The predicted molar refractivity (Wildman–Crippen MR) is 104 cm³/mol. The largest absolute Gasteiger partial charge is 0.480 e. The molecule has 2 rings (SSSR count). The van der Waals surface area contributed by atoms with Gasteiger partial charge in [-0.1, -0.05) is 23.2 Å². The zero-order valence-electron chi connectivity index (χ0n) is 14.3. The molecule has 1 atom stereocenters. The Kier molecular flexibility index (Phi) is 6.35. The summed E-state index contributed by atoms with van der Waals surface area (Å²) in [5, 5.41) is 12.2. The zero-order chi connectivity index (χ0) is 20.4. The fourth-order valence-electron chi connectivity index (χ4n) is 2.36. The molecule has 0 heterocycles. The third-order valence-electron chi connectivity index (χ3n) is 3.54. The number of nitrogens with zero attached hydrogens (tertiary/aromatic N) is 1. The van der Waals surface area contributed by atoms with Gasteiger partial charge in [0.05, 0.1) is 10.6 Å². The summed E-state index contributed by atoms with van der Waals surface area (Å²) >= 11 is 11.9. The van der Waals surface area contributed by atoms with E-state index >= 15 is 0 Å². The van der Waals surface area contributed by atoms with E-state index < -0.39 is 22.0 Å². The van der Waals surface area contributed by atoms with E-state index in [4.69, 9.17) is 23.2 Å². The molecule has 0 saturated carbocycles. The monoisotopic (exact) mass is 430 g/mol. The highest BCUT2D eigenvalue weighted by Crippen LogP contribution is 2.31. The first kappa shape index (κ1) is 21.0. The minimum absolute atomic E-state index is 0.0216. The van der Waals surface area contributed by atoms with Crippen molar-refractivity contribution in [3.05, 3.63) is 52.5 Å². The number of nitrogens with one attached hydrogen (secondary N) is 1. The van der Waals surface area contributed by atoms with Crippen molar-refractivity contribution in [1.82, 2.24) is 0 Å². The highest BCUT2D eigenvalue weighted by atomic mass is 35.5. The number of sulfonamides is 1. The van der Waals surface area contributed by atoms with Crippen molar-refractivity contribution in [3.8, 4) is 0 Å². The van der Waals surface area contributed by atoms with Crippen LogP contribution in [0.1, 0.15) is 13.8 Å². The second-order valence-corrected chi connectivity index (χ2v) is 8.34. The summed E-state index contributed by atoms with van der Waals surface area (Å²) in [7, 11) is -4.25. The van der Waals surface area contributed by atoms with Crippen LogP contribution in [0.2, 0.25) is 10.0 Å². The second-order valence-electron chi connectivity index (χ2n) is 5.65. The van der Waals surface area contributed by atoms with Gasteiger partial charge in [0.15, 0.2) is 0 Å². The predicted octanol–water partition coefficient (Wildman–Crippen LogP) is 3.62. The van der Waals surface area contributed by atoms with Gasteiger partial charge in [-0.3, -0.25) is 9.10 Å². The van der Waals surface area contributed by atoms with Crippen LogP contribution >= 0.6 is 23.2 Å². The fourth-order valence-corrected chi connectivity index (χ4v) is 4.48. The quantitative estimate of drug-likeness (QED) is 0.727. The lowest BCUT2D eigenvalue weighted by molar-refractivity contribution is -0.137. The molecule has 0 radical (unpaired) electrons. The van der Waals surface area contributed by atoms with Crippen molar-refractivity contribution in [3.63, 3.8) is 0 Å². The first-order valence-electron chi connectivity index (χ1n) is 7.63.